The van der Waals surface area contributed by atoms with Gasteiger partial charge in [0.15, 0.2) is 0 Å². The molecule has 0 unspecified atom stereocenters. The van der Waals surface area contributed by atoms with Crippen LogP contribution < -0.4 is 0 Å². The molecule has 1 aromatic carbocycles. The molecule has 0 fully saturated rings. The van der Waals surface area contributed by atoms with Crippen molar-refractivity contribution in [3.05, 3.63) is 40.8 Å². The van der Waals surface area contributed by atoms with Crippen molar-refractivity contribution in [2.45, 2.75) is 0 Å². The number of hydrogen-bond donors (Lipinski definition) is 0. The summed E-state index contributed by atoms with van der Waals surface area (Å²) in [6, 6.07) is 9.02. The van der Waals surface area contributed by atoms with Gasteiger partial charge in [-0.05, 0) is 5.53 Å². The maximum Gasteiger partial charge on any atom is 0.0375 e. The third-order valence-corrected chi connectivity index (χ3v) is 0.916. The van der Waals surface area contributed by atoms with Crippen LogP contribution in [0.4, 0.5) is 5.69 Å². The van der Waals surface area contributed by atoms with E-state index in [4.69, 9.17) is 5.53 Å². The number of azide groups is 1. The lowest BCUT2D eigenvalue weighted by molar-refractivity contribution is 0.277. The Morgan fingerprint density at radius 1 is 1.25 bits per heavy atom. The third-order valence-electron chi connectivity index (χ3n) is 0.916. The number of ether oxygens (including phenoxy) is 1. The van der Waals surface area contributed by atoms with Crippen molar-refractivity contribution >= 4 is 5.69 Å². The lowest BCUT2D eigenvalue weighted by atomic mass is 10.3. The molecule has 0 saturated heterocycles. The second-order valence-corrected chi connectivity index (χ2v) is 1.93. The summed E-state index contributed by atoms with van der Waals surface area (Å²) in [5.74, 6) is 0. The maximum atomic E-state index is 7.98. The Hall–Kier alpha value is -1.51. The highest BCUT2D eigenvalue weighted by Gasteiger charge is 1.78. The van der Waals surface area contributed by atoms with Gasteiger partial charge in [0.2, 0.25) is 0 Å². The van der Waals surface area contributed by atoms with Crippen molar-refractivity contribution in [1.82, 2.24) is 0 Å². The molecular weight excluding hydrogens is 154 g/mol. The average Bonchev–Trinajstić information content (AvgIpc) is 2.08. The van der Waals surface area contributed by atoms with Gasteiger partial charge in [-0.3, -0.25) is 0 Å². The summed E-state index contributed by atoms with van der Waals surface area (Å²) in [5, 5.41) is 3.39. The fourth-order valence-electron chi connectivity index (χ4n) is 0.546. The largest absolute Gasteiger partial charge is 0.388 e. The highest BCUT2D eigenvalue weighted by molar-refractivity contribution is 5.35. The number of hydrogen-bond acceptors (Lipinski definition) is 2. The molecule has 0 aliphatic carbocycles. The zero-order valence-electron chi connectivity index (χ0n) is 7.14. The molecule has 12 heavy (non-hydrogen) atoms. The molecule has 0 aromatic heterocycles. The van der Waals surface area contributed by atoms with E-state index in [0.29, 0.717) is 5.69 Å². The second kappa shape index (κ2) is 7.60. The first-order valence-electron chi connectivity index (χ1n) is 3.35. The third kappa shape index (κ3) is 5.29. The zero-order valence-corrected chi connectivity index (χ0v) is 7.14. The van der Waals surface area contributed by atoms with E-state index < -0.39 is 0 Å². The molecule has 0 spiro atoms. The fraction of sp³-hybridized carbons (Fsp3) is 0.250. The zero-order chi connectivity index (χ0) is 9.23. The van der Waals surface area contributed by atoms with Gasteiger partial charge in [-0.1, -0.05) is 35.4 Å². The number of methoxy groups -OCH3 is 1. The summed E-state index contributed by atoms with van der Waals surface area (Å²) in [4.78, 5) is 2.63. The molecule has 1 aromatic rings. The molecular formula is C8H11N3O. The lowest BCUT2D eigenvalue weighted by Gasteiger charge is -1.83. The van der Waals surface area contributed by atoms with E-state index in [0.717, 1.165) is 0 Å². The Balaban J connectivity index is 0.000000354. The van der Waals surface area contributed by atoms with Crippen LogP contribution in [0.5, 0.6) is 0 Å². The van der Waals surface area contributed by atoms with Crippen molar-refractivity contribution in [2.24, 2.45) is 5.11 Å². The molecule has 4 nitrogen and oxygen atoms in total. The predicted octanol–water partition coefficient (Wildman–Crippen LogP) is 2.89. The van der Waals surface area contributed by atoms with E-state index in [1.54, 1.807) is 26.4 Å². The second-order valence-electron chi connectivity index (χ2n) is 1.93. The minimum atomic E-state index is 0.653. The highest BCUT2D eigenvalue weighted by atomic mass is 16.4. The van der Waals surface area contributed by atoms with E-state index in [-0.39, 0.29) is 0 Å². The Morgan fingerprint density at radius 3 is 2.17 bits per heavy atom. The first-order valence-corrected chi connectivity index (χ1v) is 3.35. The van der Waals surface area contributed by atoms with E-state index in [9.17, 15) is 0 Å². The molecule has 0 saturated carbocycles. The molecule has 0 radical (unpaired) electrons. The predicted molar refractivity (Wildman–Crippen MR) is 48.2 cm³/mol. The first-order chi connectivity index (χ1) is 5.85. The smallest absolute Gasteiger partial charge is 0.0375 e. The van der Waals surface area contributed by atoms with Gasteiger partial charge in [0, 0.05) is 24.8 Å². The van der Waals surface area contributed by atoms with Gasteiger partial charge < -0.3 is 4.74 Å². The Labute approximate surface area is 71.4 Å². The van der Waals surface area contributed by atoms with Gasteiger partial charge in [0.25, 0.3) is 0 Å². The standard InChI is InChI=1S/C6H5N3.C2H6O/c7-9-8-6-4-2-1-3-5-6;1-3-2/h1-5H;1-2H3. The monoisotopic (exact) mass is 165 g/mol. The molecule has 0 aliphatic heterocycles. The summed E-state index contributed by atoms with van der Waals surface area (Å²) in [6.45, 7) is 0. The van der Waals surface area contributed by atoms with Crippen molar-refractivity contribution in [3.63, 3.8) is 0 Å². The van der Waals surface area contributed by atoms with Crippen LogP contribution in [0.15, 0.2) is 35.4 Å². The van der Waals surface area contributed by atoms with Crippen LogP contribution in [0.1, 0.15) is 0 Å². The van der Waals surface area contributed by atoms with E-state index in [2.05, 4.69) is 14.8 Å². The van der Waals surface area contributed by atoms with Gasteiger partial charge in [-0.25, -0.2) is 0 Å². The minimum absolute atomic E-state index is 0.653. The fourth-order valence-corrected chi connectivity index (χ4v) is 0.546. The highest BCUT2D eigenvalue weighted by Crippen LogP contribution is 2.08. The van der Waals surface area contributed by atoms with Crippen molar-refractivity contribution in [3.8, 4) is 0 Å². The molecule has 4 heteroatoms. The van der Waals surface area contributed by atoms with Gasteiger partial charge in [0.05, 0.1) is 0 Å². The van der Waals surface area contributed by atoms with Crippen LogP contribution in [-0.2, 0) is 4.74 Å². The van der Waals surface area contributed by atoms with Crippen molar-refractivity contribution < 1.29 is 4.74 Å². The molecule has 0 bridgehead atoms. The van der Waals surface area contributed by atoms with Crippen molar-refractivity contribution in [2.75, 3.05) is 14.2 Å². The van der Waals surface area contributed by atoms with Gasteiger partial charge in [-0.15, -0.1) is 0 Å². The molecule has 0 atom stereocenters. The SMILES string of the molecule is COC.[N-]=[N+]=Nc1ccccc1. The van der Waals surface area contributed by atoms with E-state index in [1.165, 1.54) is 0 Å². The summed E-state index contributed by atoms with van der Waals surface area (Å²) < 4.78 is 4.25. The molecule has 0 N–H and O–H groups in total. The van der Waals surface area contributed by atoms with Gasteiger partial charge >= 0.3 is 0 Å². The van der Waals surface area contributed by atoms with Crippen LogP contribution in [0.2, 0.25) is 0 Å². The average molecular weight is 165 g/mol. The normalized spacial score (nSPS) is 7.50. The minimum Gasteiger partial charge on any atom is -0.388 e. The van der Waals surface area contributed by atoms with E-state index >= 15 is 0 Å². The lowest BCUT2D eigenvalue weighted by Crippen LogP contribution is -1.56. The van der Waals surface area contributed by atoms with Crippen LogP contribution >= 0.6 is 0 Å². The molecule has 0 amide bonds. The Morgan fingerprint density at radius 2 is 1.75 bits per heavy atom. The molecule has 1 rings (SSSR count). The quantitative estimate of drug-likeness (QED) is 0.358. The molecule has 0 heterocycles. The van der Waals surface area contributed by atoms with Crippen LogP contribution in [0.3, 0.4) is 0 Å². The van der Waals surface area contributed by atoms with Gasteiger partial charge in [-0.2, -0.15) is 0 Å². The first kappa shape index (κ1) is 10.5. The molecule has 0 aliphatic rings. The summed E-state index contributed by atoms with van der Waals surface area (Å²) in [5.41, 5.74) is 8.63. The summed E-state index contributed by atoms with van der Waals surface area (Å²) in [6.07, 6.45) is 0. The maximum absolute atomic E-state index is 7.98. The Kier molecular flexibility index (Phi) is 6.64. The summed E-state index contributed by atoms with van der Waals surface area (Å²) >= 11 is 0. The van der Waals surface area contributed by atoms with E-state index in [1.807, 2.05) is 18.2 Å². The Bertz CT molecular complexity index is 242. The van der Waals surface area contributed by atoms with Crippen molar-refractivity contribution in [1.29, 1.82) is 0 Å². The van der Waals surface area contributed by atoms with Crippen LogP contribution in [0.25, 0.3) is 10.4 Å². The van der Waals surface area contributed by atoms with Gasteiger partial charge in [0.1, 0.15) is 0 Å². The van der Waals surface area contributed by atoms with Crippen LogP contribution in [-0.4, -0.2) is 14.2 Å². The summed E-state index contributed by atoms with van der Waals surface area (Å²) in [7, 11) is 3.25. The number of benzene rings is 1. The number of nitrogens with zero attached hydrogens (tertiary/aromatic N) is 3. The van der Waals surface area contributed by atoms with Crippen LogP contribution in [0, 0.1) is 0 Å². The topological polar surface area (TPSA) is 58.0 Å². The number of rotatable bonds is 1. The molecule has 64 valence electrons.